The SMILES string of the molecule is C1=C\CNCCCCC/1. The van der Waals surface area contributed by atoms with Gasteiger partial charge in [-0.3, -0.25) is 0 Å². The summed E-state index contributed by atoms with van der Waals surface area (Å²) in [7, 11) is 0. The highest BCUT2D eigenvalue weighted by Gasteiger charge is 1.89. The average molecular weight is 125 g/mol. The molecule has 1 heterocycles. The molecule has 0 fully saturated rings. The van der Waals surface area contributed by atoms with Gasteiger partial charge in [-0.25, -0.2) is 0 Å². The van der Waals surface area contributed by atoms with Crippen LogP contribution in [-0.2, 0) is 0 Å². The van der Waals surface area contributed by atoms with Gasteiger partial charge < -0.3 is 5.32 Å². The van der Waals surface area contributed by atoms with E-state index in [1.807, 2.05) is 0 Å². The standard InChI is InChI=1S/C8H15N/c1-2-4-6-8-9-7-5-3-1/h3,5,9H,1-2,4,6-8H2/b5-3-. The molecule has 1 heteroatoms. The molecule has 9 heavy (non-hydrogen) atoms. The van der Waals surface area contributed by atoms with Crippen molar-refractivity contribution < 1.29 is 0 Å². The predicted octanol–water partition coefficient (Wildman–Crippen LogP) is 1.71. The van der Waals surface area contributed by atoms with Crippen LogP contribution in [0.15, 0.2) is 12.2 Å². The van der Waals surface area contributed by atoms with E-state index in [-0.39, 0.29) is 0 Å². The zero-order valence-corrected chi connectivity index (χ0v) is 5.90. The van der Waals surface area contributed by atoms with Crippen LogP contribution in [0, 0.1) is 0 Å². The third-order valence-corrected chi connectivity index (χ3v) is 1.65. The zero-order valence-electron chi connectivity index (χ0n) is 5.90. The van der Waals surface area contributed by atoms with Gasteiger partial charge in [0.2, 0.25) is 0 Å². The molecule has 0 radical (unpaired) electrons. The van der Waals surface area contributed by atoms with E-state index in [2.05, 4.69) is 17.5 Å². The molecule has 0 aromatic heterocycles. The number of nitrogens with one attached hydrogen (secondary N) is 1. The Bertz CT molecular complexity index is 76.6. The van der Waals surface area contributed by atoms with Gasteiger partial charge >= 0.3 is 0 Å². The van der Waals surface area contributed by atoms with E-state index < -0.39 is 0 Å². The highest BCUT2D eigenvalue weighted by atomic mass is 14.8. The molecule has 52 valence electrons. The second kappa shape index (κ2) is 4.57. The Labute approximate surface area is 57.1 Å². The predicted molar refractivity (Wildman–Crippen MR) is 40.5 cm³/mol. The first-order valence-corrected chi connectivity index (χ1v) is 3.86. The molecule has 1 aliphatic rings. The third-order valence-electron chi connectivity index (χ3n) is 1.65. The normalized spacial score (nSPS) is 25.8. The minimum Gasteiger partial charge on any atom is -0.313 e. The highest BCUT2D eigenvalue weighted by Crippen LogP contribution is 2.00. The van der Waals surface area contributed by atoms with Crippen molar-refractivity contribution in [3.8, 4) is 0 Å². The minimum absolute atomic E-state index is 1.07. The number of hydrogen-bond acceptors (Lipinski definition) is 1. The lowest BCUT2D eigenvalue weighted by molar-refractivity contribution is 0.641. The van der Waals surface area contributed by atoms with Gasteiger partial charge in [0, 0.05) is 6.54 Å². The second-order valence-electron chi connectivity index (χ2n) is 2.52. The largest absolute Gasteiger partial charge is 0.313 e. The van der Waals surface area contributed by atoms with Crippen molar-refractivity contribution in [3.05, 3.63) is 12.2 Å². The number of allylic oxidation sites excluding steroid dienone is 1. The van der Waals surface area contributed by atoms with Crippen molar-refractivity contribution in [1.29, 1.82) is 0 Å². The maximum absolute atomic E-state index is 3.34. The maximum atomic E-state index is 3.34. The summed E-state index contributed by atoms with van der Waals surface area (Å²) in [5.74, 6) is 0. The van der Waals surface area contributed by atoms with E-state index >= 15 is 0 Å². The van der Waals surface area contributed by atoms with Gasteiger partial charge in [0.1, 0.15) is 0 Å². The second-order valence-corrected chi connectivity index (χ2v) is 2.52. The maximum Gasteiger partial charge on any atom is 0.0134 e. The Balaban J connectivity index is 2.15. The smallest absolute Gasteiger partial charge is 0.0134 e. The summed E-state index contributed by atoms with van der Waals surface area (Å²) >= 11 is 0. The van der Waals surface area contributed by atoms with E-state index in [1.165, 1.54) is 32.2 Å². The lowest BCUT2D eigenvalue weighted by Gasteiger charge is -1.96. The summed E-state index contributed by atoms with van der Waals surface area (Å²) in [4.78, 5) is 0. The molecular weight excluding hydrogens is 110 g/mol. The zero-order chi connectivity index (χ0) is 6.36. The lowest BCUT2D eigenvalue weighted by Crippen LogP contribution is -2.14. The highest BCUT2D eigenvalue weighted by molar-refractivity contribution is 4.84. The van der Waals surface area contributed by atoms with Crippen LogP contribution in [0.5, 0.6) is 0 Å². The van der Waals surface area contributed by atoms with Gasteiger partial charge in [-0.15, -0.1) is 0 Å². The van der Waals surface area contributed by atoms with Gasteiger partial charge in [0.05, 0.1) is 0 Å². The molecule has 0 saturated heterocycles. The summed E-state index contributed by atoms with van der Waals surface area (Å²) in [6.45, 7) is 2.27. The Morgan fingerprint density at radius 3 is 3.00 bits per heavy atom. The Morgan fingerprint density at radius 1 is 1.00 bits per heavy atom. The summed E-state index contributed by atoms with van der Waals surface area (Å²) in [6.07, 6.45) is 9.89. The molecule has 0 atom stereocenters. The third kappa shape index (κ3) is 3.31. The molecule has 0 amide bonds. The first kappa shape index (κ1) is 6.81. The van der Waals surface area contributed by atoms with Gasteiger partial charge in [-0.2, -0.15) is 0 Å². The van der Waals surface area contributed by atoms with Crippen LogP contribution < -0.4 is 5.32 Å². The van der Waals surface area contributed by atoms with Crippen LogP contribution in [-0.4, -0.2) is 13.1 Å². The van der Waals surface area contributed by atoms with Crippen molar-refractivity contribution in [2.24, 2.45) is 0 Å². The van der Waals surface area contributed by atoms with Crippen LogP contribution in [0.3, 0.4) is 0 Å². The first-order valence-electron chi connectivity index (χ1n) is 3.86. The fourth-order valence-electron chi connectivity index (χ4n) is 1.08. The van der Waals surface area contributed by atoms with E-state index in [4.69, 9.17) is 0 Å². The van der Waals surface area contributed by atoms with Gasteiger partial charge in [-0.05, 0) is 25.8 Å². The van der Waals surface area contributed by atoms with Gasteiger partial charge in [-0.1, -0.05) is 18.6 Å². The monoisotopic (exact) mass is 125 g/mol. The Hall–Kier alpha value is -0.300. The molecule has 1 N–H and O–H groups in total. The topological polar surface area (TPSA) is 12.0 Å². The molecule has 0 aliphatic carbocycles. The van der Waals surface area contributed by atoms with Crippen LogP contribution >= 0.6 is 0 Å². The average Bonchev–Trinajstić information content (AvgIpc) is 2.00. The Morgan fingerprint density at radius 2 is 2.00 bits per heavy atom. The Kier molecular flexibility index (Phi) is 3.46. The van der Waals surface area contributed by atoms with Crippen molar-refractivity contribution in [1.82, 2.24) is 5.32 Å². The molecule has 0 bridgehead atoms. The van der Waals surface area contributed by atoms with Crippen LogP contribution in [0.1, 0.15) is 25.7 Å². The number of rotatable bonds is 0. The molecular formula is C8H15N. The van der Waals surface area contributed by atoms with Crippen molar-refractivity contribution in [2.45, 2.75) is 25.7 Å². The van der Waals surface area contributed by atoms with Crippen molar-refractivity contribution >= 4 is 0 Å². The molecule has 0 spiro atoms. The van der Waals surface area contributed by atoms with Gasteiger partial charge in [0.25, 0.3) is 0 Å². The molecule has 1 rings (SSSR count). The summed E-state index contributed by atoms with van der Waals surface area (Å²) in [6, 6.07) is 0. The molecule has 0 aromatic rings. The summed E-state index contributed by atoms with van der Waals surface area (Å²) < 4.78 is 0. The molecule has 0 saturated carbocycles. The fourth-order valence-corrected chi connectivity index (χ4v) is 1.08. The van der Waals surface area contributed by atoms with Crippen LogP contribution in [0.2, 0.25) is 0 Å². The van der Waals surface area contributed by atoms with Crippen molar-refractivity contribution in [3.63, 3.8) is 0 Å². The molecule has 1 aliphatic heterocycles. The van der Waals surface area contributed by atoms with E-state index in [1.54, 1.807) is 0 Å². The summed E-state index contributed by atoms with van der Waals surface area (Å²) in [5.41, 5.74) is 0. The van der Waals surface area contributed by atoms with Crippen LogP contribution in [0.25, 0.3) is 0 Å². The van der Waals surface area contributed by atoms with Crippen LogP contribution in [0.4, 0.5) is 0 Å². The molecule has 0 unspecified atom stereocenters. The molecule has 1 nitrogen and oxygen atoms in total. The van der Waals surface area contributed by atoms with Gasteiger partial charge in [0.15, 0.2) is 0 Å². The summed E-state index contributed by atoms with van der Waals surface area (Å²) in [5, 5.41) is 3.34. The number of hydrogen-bond donors (Lipinski definition) is 1. The van der Waals surface area contributed by atoms with E-state index in [0.717, 1.165) is 6.54 Å². The first-order chi connectivity index (χ1) is 4.50. The quantitative estimate of drug-likeness (QED) is 0.486. The van der Waals surface area contributed by atoms with E-state index in [0.29, 0.717) is 0 Å². The fraction of sp³-hybridized carbons (Fsp3) is 0.750. The minimum atomic E-state index is 1.07. The van der Waals surface area contributed by atoms with E-state index in [9.17, 15) is 0 Å². The lowest BCUT2D eigenvalue weighted by atomic mass is 10.2. The molecule has 0 aromatic carbocycles. The van der Waals surface area contributed by atoms with Crippen molar-refractivity contribution in [2.75, 3.05) is 13.1 Å².